The molecule has 0 saturated carbocycles. The fourth-order valence-electron chi connectivity index (χ4n) is 5.04. The zero-order valence-corrected chi connectivity index (χ0v) is 23.9. The highest BCUT2D eigenvalue weighted by atomic mass is 15.1. The van der Waals surface area contributed by atoms with Crippen LogP contribution in [0.2, 0.25) is 0 Å². The number of pyridine rings is 2. The molecule has 0 aliphatic heterocycles. The van der Waals surface area contributed by atoms with Gasteiger partial charge in [0.2, 0.25) is 0 Å². The summed E-state index contributed by atoms with van der Waals surface area (Å²) in [7, 11) is 0. The van der Waals surface area contributed by atoms with Crippen LogP contribution >= 0.6 is 0 Å². The van der Waals surface area contributed by atoms with Crippen molar-refractivity contribution in [2.75, 3.05) is 0 Å². The first-order valence-corrected chi connectivity index (χ1v) is 15.2. The van der Waals surface area contributed by atoms with Gasteiger partial charge in [0.1, 0.15) is 0 Å². The third-order valence-corrected chi connectivity index (χ3v) is 7.46. The first-order valence-electron chi connectivity index (χ1n) is 15.2. The van der Waals surface area contributed by atoms with Crippen LogP contribution in [-0.2, 0) is 25.7 Å². The lowest BCUT2D eigenvalue weighted by Crippen LogP contribution is -1.88. The molecule has 2 heterocycles. The van der Waals surface area contributed by atoms with Crippen molar-refractivity contribution in [1.29, 1.82) is 0 Å². The van der Waals surface area contributed by atoms with E-state index in [4.69, 9.17) is 0 Å². The van der Waals surface area contributed by atoms with Crippen LogP contribution in [0.25, 0.3) is 0 Å². The highest BCUT2D eigenvalue weighted by Gasteiger charge is 1.99. The molecule has 2 aromatic heterocycles. The van der Waals surface area contributed by atoms with E-state index in [1.165, 1.54) is 86.5 Å². The lowest BCUT2D eigenvalue weighted by molar-refractivity contribution is 0.613. The molecule has 0 spiro atoms. The minimum absolute atomic E-state index is 0.909. The quantitative estimate of drug-likeness (QED) is 0.0945. The largest absolute Gasteiger partial charge is 0.264 e. The van der Waals surface area contributed by atoms with E-state index in [-0.39, 0.29) is 0 Å². The van der Waals surface area contributed by atoms with Crippen molar-refractivity contribution in [2.45, 2.75) is 89.9 Å². The van der Waals surface area contributed by atoms with Crippen LogP contribution < -0.4 is 0 Å². The van der Waals surface area contributed by atoms with Crippen molar-refractivity contribution in [3.8, 4) is 0 Å². The average Bonchev–Trinajstić information content (AvgIpc) is 3.01. The van der Waals surface area contributed by atoms with Gasteiger partial charge in [0.05, 0.1) is 11.4 Å². The van der Waals surface area contributed by atoms with E-state index in [1.807, 2.05) is 36.9 Å². The summed E-state index contributed by atoms with van der Waals surface area (Å²) in [6, 6.07) is 25.5. The Bertz CT molecular complexity index is 1120. The molecule has 0 N–H and O–H groups in total. The molecule has 0 fully saturated rings. The van der Waals surface area contributed by atoms with E-state index in [2.05, 4.69) is 80.9 Å². The number of hydrogen-bond acceptors (Lipinski definition) is 4. The molecule has 40 heavy (non-hydrogen) atoms. The first-order chi connectivity index (χ1) is 19.8. The van der Waals surface area contributed by atoms with Crippen molar-refractivity contribution in [3.05, 3.63) is 120 Å². The van der Waals surface area contributed by atoms with Gasteiger partial charge in [-0.05, 0) is 110 Å². The number of rotatable bonds is 18. The van der Waals surface area contributed by atoms with Crippen molar-refractivity contribution in [2.24, 2.45) is 10.2 Å². The third-order valence-electron chi connectivity index (χ3n) is 7.46. The van der Waals surface area contributed by atoms with Crippen LogP contribution in [0.15, 0.2) is 108 Å². The summed E-state index contributed by atoms with van der Waals surface area (Å²) in [4.78, 5) is 8.39. The lowest BCUT2D eigenvalue weighted by atomic mass is 10.0. The second-order valence-corrected chi connectivity index (χ2v) is 10.8. The molecule has 4 aromatic rings. The Morgan fingerprint density at radius 3 is 1.07 bits per heavy atom. The average molecular weight is 533 g/mol. The monoisotopic (exact) mass is 532 g/mol. The Kier molecular flexibility index (Phi) is 13.1. The summed E-state index contributed by atoms with van der Waals surface area (Å²) < 4.78 is 0. The van der Waals surface area contributed by atoms with Gasteiger partial charge < -0.3 is 0 Å². The molecule has 0 bridgehead atoms. The van der Waals surface area contributed by atoms with Crippen LogP contribution in [0.1, 0.15) is 86.5 Å². The van der Waals surface area contributed by atoms with Crippen molar-refractivity contribution >= 4 is 11.4 Å². The minimum atomic E-state index is 0.909. The van der Waals surface area contributed by atoms with E-state index in [9.17, 15) is 0 Å². The molecule has 0 aliphatic carbocycles. The SMILES string of the molecule is c1cncc(CCCCCCCc2ccc(N=Nc3ccc(CCCCCCCc4cccnc4)cc3)cc2)c1. The predicted octanol–water partition coefficient (Wildman–Crippen LogP) is 10.4. The second kappa shape index (κ2) is 17.8. The van der Waals surface area contributed by atoms with Crippen molar-refractivity contribution in [1.82, 2.24) is 9.97 Å². The van der Waals surface area contributed by atoms with Crippen LogP contribution in [0.3, 0.4) is 0 Å². The van der Waals surface area contributed by atoms with Gasteiger partial charge in [0, 0.05) is 24.8 Å². The summed E-state index contributed by atoms with van der Waals surface area (Å²) in [5, 5.41) is 8.89. The van der Waals surface area contributed by atoms with E-state index in [1.54, 1.807) is 0 Å². The lowest BCUT2D eigenvalue weighted by Gasteiger charge is -2.04. The number of azo groups is 1. The van der Waals surface area contributed by atoms with Crippen LogP contribution in [0.5, 0.6) is 0 Å². The Balaban J connectivity index is 1.04. The van der Waals surface area contributed by atoms with Gasteiger partial charge >= 0.3 is 0 Å². The zero-order valence-electron chi connectivity index (χ0n) is 23.9. The van der Waals surface area contributed by atoms with Crippen molar-refractivity contribution in [3.63, 3.8) is 0 Å². The Morgan fingerprint density at radius 1 is 0.375 bits per heavy atom. The molecule has 0 saturated heterocycles. The second-order valence-electron chi connectivity index (χ2n) is 10.8. The summed E-state index contributed by atoms with van der Waals surface area (Å²) >= 11 is 0. The molecule has 208 valence electrons. The van der Waals surface area contributed by atoms with E-state index in [0.717, 1.165) is 37.1 Å². The van der Waals surface area contributed by atoms with E-state index < -0.39 is 0 Å². The molecule has 0 atom stereocenters. The molecular formula is C36H44N4. The Labute approximate surface area is 241 Å². The first kappa shape index (κ1) is 29.3. The van der Waals surface area contributed by atoms with E-state index >= 15 is 0 Å². The molecule has 0 aliphatic rings. The van der Waals surface area contributed by atoms with Crippen molar-refractivity contribution < 1.29 is 0 Å². The Morgan fingerprint density at radius 2 is 0.725 bits per heavy atom. The van der Waals surface area contributed by atoms with Crippen LogP contribution in [0.4, 0.5) is 11.4 Å². The molecule has 2 aromatic carbocycles. The number of unbranched alkanes of at least 4 members (excludes halogenated alkanes) is 8. The minimum Gasteiger partial charge on any atom is -0.264 e. The van der Waals surface area contributed by atoms with Gasteiger partial charge in [-0.3, -0.25) is 9.97 Å². The summed E-state index contributed by atoms with van der Waals surface area (Å²) in [6.07, 6.45) is 25.0. The van der Waals surface area contributed by atoms with Crippen LogP contribution in [-0.4, -0.2) is 9.97 Å². The predicted molar refractivity (Wildman–Crippen MR) is 167 cm³/mol. The highest BCUT2D eigenvalue weighted by Crippen LogP contribution is 2.21. The molecule has 4 heteroatoms. The van der Waals surface area contributed by atoms with Gasteiger partial charge in [-0.15, -0.1) is 0 Å². The van der Waals surface area contributed by atoms with Gasteiger partial charge in [-0.1, -0.05) is 74.9 Å². The molecular weight excluding hydrogens is 488 g/mol. The number of nitrogens with zero attached hydrogens (tertiary/aromatic N) is 4. The number of aryl methyl sites for hydroxylation is 4. The molecule has 0 radical (unpaired) electrons. The van der Waals surface area contributed by atoms with Crippen LogP contribution in [0, 0.1) is 0 Å². The maximum absolute atomic E-state index is 4.44. The maximum atomic E-state index is 4.44. The molecule has 0 unspecified atom stereocenters. The van der Waals surface area contributed by atoms with Gasteiger partial charge in [0.25, 0.3) is 0 Å². The fraction of sp³-hybridized carbons (Fsp3) is 0.389. The summed E-state index contributed by atoms with van der Waals surface area (Å²) in [5.41, 5.74) is 7.28. The summed E-state index contributed by atoms with van der Waals surface area (Å²) in [5.74, 6) is 0. The standard InChI is InChI=1S/C36H44N4/c1(5-9-15-33-17-11-27-37-29-33)3-7-13-31-19-23-35(24-20-31)39-40-36-25-21-32(22-26-36)14-8-4-2-6-10-16-34-18-12-28-38-30-34/h11-12,17-30H,1-10,13-16H2. The molecule has 0 amide bonds. The fourth-order valence-corrected chi connectivity index (χ4v) is 5.04. The topological polar surface area (TPSA) is 50.5 Å². The number of benzene rings is 2. The smallest absolute Gasteiger partial charge is 0.0857 e. The van der Waals surface area contributed by atoms with Gasteiger partial charge in [-0.2, -0.15) is 10.2 Å². The van der Waals surface area contributed by atoms with Gasteiger partial charge in [-0.25, -0.2) is 0 Å². The Hall–Kier alpha value is -3.66. The third kappa shape index (κ3) is 11.6. The number of hydrogen-bond donors (Lipinski definition) is 0. The molecule has 4 nitrogen and oxygen atoms in total. The highest BCUT2D eigenvalue weighted by molar-refractivity contribution is 5.42. The maximum Gasteiger partial charge on any atom is 0.0857 e. The van der Waals surface area contributed by atoms with Gasteiger partial charge in [0.15, 0.2) is 0 Å². The number of aromatic nitrogens is 2. The zero-order chi connectivity index (χ0) is 27.5. The molecule has 4 rings (SSSR count). The summed E-state index contributed by atoms with van der Waals surface area (Å²) in [6.45, 7) is 0. The normalized spacial score (nSPS) is 11.3. The van der Waals surface area contributed by atoms with E-state index in [0.29, 0.717) is 0 Å².